The van der Waals surface area contributed by atoms with Crippen LogP contribution in [0, 0.1) is 5.41 Å². The summed E-state index contributed by atoms with van der Waals surface area (Å²) in [7, 11) is 1.67. The van der Waals surface area contributed by atoms with Gasteiger partial charge in [0.1, 0.15) is 16.7 Å². The van der Waals surface area contributed by atoms with Crippen LogP contribution < -0.4 is 4.74 Å². The molecule has 176 valence electrons. The van der Waals surface area contributed by atoms with Crippen molar-refractivity contribution in [1.82, 2.24) is 29.5 Å². The smallest absolute Gasteiger partial charge is 0.197 e. The lowest BCUT2D eigenvalue weighted by Gasteiger charge is -2.35. The zero-order chi connectivity index (χ0) is 23.3. The molecule has 1 aliphatic heterocycles. The number of H-pyrrole nitrogens is 1. The predicted octanol–water partition coefficient (Wildman–Crippen LogP) is 5.69. The van der Waals surface area contributed by atoms with E-state index in [1.165, 1.54) is 34.8 Å². The van der Waals surface area contributed by atoms with Crippen LogP contribution in [0.3, 0.4) is 0 Å². The summed E-state index contributed by atoms with van der Waals surface area (Å²) in [4.78, 5) is 17.0. The molecule has 0 unspecified atom stereocenters. The van der Waals surface area contributed by atoms with E-state index in [-0.39, 0.29) is 0 Å². The zero-order valence-corrected chi connectivity index (χ0v) is 21.3. The number of nitrogens with one attached hydrogen (secondary N) is 1. The summed E-state index contributed by atoms with van der Waals surface area (Å²) in [6, 6.07) is 2.04. The third-order valence-corrected chi connectivity index (χ3v) is 7.60. The van der Waals surface area contributed by atoms with Crippen molar-refractivity contribution in [2.75, 3.05) is 26.7 Å². The van der Waals surface area contributed by atoms with Crippen LogP contribution in [0.2, 0.25) is 0 Å². The number of methoxy groups -OCH3 is 1. The van der Waals surface area contributed by atoms with Gasteiger partial charge in [-0.1, -0.05) is 34.6 Å². The molecule has 0 radical (unpaired) electrons. The predicted molar refractivity (Wildman–Crippen MR) is 134 cm³/mol. The Labute approximate surface area is 199 Å². The molecule has 4 aromatic rings. The van der Waals surface area contributed by atoms with Gasteiger partial charge in [0.25, 0.3) is 0 Å². The maximum absolute atomic E-state index is 5.59. The minimum atomic E-state index is 0.342. The number of aromatic amines is 1. The van der Waals surface area contributed by atoms with Gasteiger partial charge in [0.05, 0.1) is 17.8 Å². The molecule has 4 aromatic heterocycles. The summed E-state index contributed by atoms with van der Waals surface area (Å²) >= 11 is 1.83. The second-order valence-electron chi connectivity index (χ2n) is 10.7. The molecule has 7 nitrogen and oxygen atoms in total. The lowest BCUT2D eigenvalue weighted by molar-refractivity contribution is 0.154. The van der Waals surface area contributed by atoms with Crippen molar-refractivity contribution in [2.45, 2.75) is 59.3 Å². The minimum absolute atomic E-state index is 0.342. The fourth-order valence-corrected chi connectivity index (χ4v) is 6.21. The Morgan fingerprint density at radius 1 is 1.24 bits per heavy atom. The number of piperidine rings is 1. The number of hydrogen-bond donors (Lipinski definition) is 1. The maximum Gasteiger partial charge on any atom is 0.197 e. The van der Waals surface area contributed by atoms with Gasteiger partial charge in [-0.2, -0.15) is 5.10 Å². The maximum atomic E-state index is 5.59. The average Bonchev–Trinajstić information content (AvgIpc) is 3.46. The van der Waals surface area contributed by atoms with Crippen LogP contribution in [0.4, 0.5) is 0 Å². The van der Waals surface area contributed by atoms with Crippen molar-refractivity contribution >= 4 is 27.3 Å². The van der Waals surface area contributed by atoms with Crippen LogP contribution in [0.15, 0.2) is 18.6 Å². The van der Waals surface area contributed by atoms with E-state index in [2.05, 4.69) is 54.6 Å². The average molecular weight is 467 g/mol. The van der Waals surface area contributed by atoms with Gasteiger partial charge in [0, 0.05) is 29.8 Å². The molecule has 0 spiro atoms. The van der Waals surface area contributed by atoms with Gasteiger partial charge >= 0.3 is 0 Å². The topological polar surface area (TPSA) is 71.3 Å². The Hall–Kier alpha value is -2.45. The number of aromatic nitrogens is 5. The molecule has 1 aliphatic rings. The van der Waals surface area contributed by atoms with Crippen molar-refractivity contribution in [3.63, 3.8) is 0 Å². The van der Waals surface area contributed by atoms with Crippen LogP contribution >= 0.6 is 11.3 Å². The van der Waals surface area contributed by atoms with Crippen LogP contribution in [-0.4, -0.2) is 56.2 Å². The number of likely N-dealkylation sites (tertiary alicyclic amines) is 1. The van der Waals surface area contributed by atoms with E-state index in [1.54, 1.807) is 18.0 Å². The minimum Gasteiger partial charge on any atom is -0.493 e. The quantitative estimate of drug-likeness (QED) is 0.409. The Bertz CT molecular complexity index is 1270. The van der Waals surface area contributed by atoms with Gasteiger partial charge in [-0.25, -0.2) is 14.5 Å². The van der Waals surface area contributed by atoms with Crippen LogP contribution in [-0.2, 0) is 0 Å². The highest BCUT2D eigenvalue weighted by Crippen LogP contribution is 2.41. The van der Waals surface area contributed by atoms with E-state index in [9.17, 15) is 0 Å². The lowest BCUT2D eigenvalue weighted by Crippen LogP contribution is -2.38. The molecule has 0 amide bonds. The fraction of sp³-hybridized carbons (Fsp3) is 0.560. The first-order chi connectivity index (χ1) is 15.7. The second-order valence-corrected chi connectivity index (χ2v) is 11.8. The molecule has 5 heterocycles. The van der Waals surface area contributed by atoms with Gasteiger partial charge in [0.2, 0.25) is 0 Å². The molecule has 0 aliphatic carbocycles. The summed E-state index contributed by atoms with van der Waals surface area (Å²) in [5.41, 5.74) is 5.59. The molecule has 0 aromatic carbocycles. The first-order valence-electron chi connectivity index (χ1n) is 11.9. The number of rotatable bonds is 5. The molecular formula is C25H34N6OS. The van der Waals surface area contributed by atoms with Gasteiger partial charge in [-0.05, 0) is 43.3 Å². The summed E-state index contributed by atoms with van der Waals surface area (Å²) in [5, 5.41) is 5.61. The molecule has 1 saturated heterocycles. The molecule has 8 heteroatoms. The highest BCUT2D eigenvalue weighted by Gasteiger charge is 2.28. The number of nitrogens with zero attached hydrogens (tertiary/aromatic N) is 5. The van der Waals surface area contributed by atoms with E-state index in [4.69, 9.17) is 9.72 Å². The number of fused-ring (bicyclic) bond motifs is 2. The van der Waals surface area contributed by atoms with Crippen molar-refractivity contribution < 1.29 is 4.74 Å². The SMILES string of the molecule is COc1cc(-c2[nH]c3sc(C4CCN(CC(C)(C)C)CC4)nc3c2C(C)C)cn2ncnc12. The number of hydrogen-bond acceptors (Lipinski definition) is 6. The van der Waals surface area contributed by atoms with Crippen LogP contribution in [0.5, 0.6) is 5.75 Å². The standard InChI is InChI=1S/C25H34N6OS/c1-15(2)19-20(17-11-18(32-6)22-26-14-27-31(22)12-17)28-24-21(19)29-23(33-24)16-7-9-30(10-8-16)13-25(3,4)5/h11-12,14-16,28H,7-10,13H2,1-6H3. The molecule has 1 fully saturated rings. The Balaban J connectivity index is 1.46. The van der Waals surface area contributed by atoms with E-state index in [1.807, 2.05) is 23.6 Å². The number of thiazole rings is 1. The molecule has 0 bridgehead atoms. The van der Waals surface area contributed by atoms with Crippen LogP contribution in [0.25, 0.3) is 27.3 Å². The monoisotopic (exact) mass is 466 g/mol. The molecule has 5 rings (SSSR count). The molecule has 1 N–H and O–H groups in total. The Kier molecular flexibility index (Phi) is 5.69. The van der Waals surface area contributed by atoms with E-state index in [0.717, 1.165) is 35.5 Å². The third kappa shape index (κ3) is 4.26. The molecule has 33 heavy (non-hydrogen) atoms. The van der Waals surface area contributed by atoms with E-state index in [0.29, 0.717) is 23.0 Å². The van der Waals surface area contributed by atoms with Crippen molar-refractivity contribution in [1.29, 1.82) is 0 Å². The van der Waals surface area contributed by atoms with Crippen molar-refractivity contribution in [2.24, 2.45) is 5.41 Å². The first-order valence-corrected chi connectivity index (χ1v) is 12.7. The number of pyridine rings is 1. The van der Waals surface area contributed by atoms with Crippen molar-refractivity contribution in [3.05, 3.63) is 29.2 Å². The van der Waals surface area contributed by atoms with E-state index < -0.39 is 0 Å². The van der Waals surface area contributed by atoms with Gasteiger partial charge < -0.3 is 14.6 Å². The largest absolute Gasteiger partial charge is 0.493 e. The van der Waals surface area contributed by atoms with Gasteiger partial charge in [0.15, 0.2) is 11.4 Å². The summed E-state index contributed by atoms with van der Waals surface area (Å²) in [5.74, 6) is 1.62. The summed E-state index contributed by atoms with van der Waals surface area (Å²) < 4.78 is 7.36. The second kappa shape index (κ2) is 8.40. The fourth-order valence-electron chi connectivity index (χ4n) is 5.06. The molecule has 0 saturated carbocycles. The normalized spacial score (nSPS) is 16.5. The first kappa shape index (κ1) is 22.3. The Morgan fingerprint density at radius 2 is 2.00 bits per heavy atom. The summed E-state index contributed by atoms with van der Waals surface area (Å²) in [6.45, 7) is 14.9. The van der Waals surface area contributed by atoms with Gasteiger partial charge in [-0.3, -0.25) is 0 Å². The van der Waals surface area contributed by atoms with Gasteiger partial charge in [-0.15, -0.1) is 11.3 Å². The molecular weight excluding hydrogens is 432 g/mol. The number of ether oxygens (including phenoxy) is 1. The lowest BCUT2D eigenvalue weighted by atomic mass is 9.92. The van der Waals surface area contributed by atoms with Crippen LogP contribution in [0.1, 0.15) is 69.9 Å². The molecule has 0 atom stereocenters. The highest BCUT2D eigenvalue weighted by molar-refractivity contribution is 7.18. The van der Waals surface area contributed by atoms with E-state index >= 15 is 0 Å². The third-order valence-electron chi connectivity index (χ3n) is 6.47. The van der Waals surface area contributed by atoms with Crippen molar-refractivity contribution in [3.8, 4) is 17.0 Å². The highest BCUT2D eigenvalue weighted by atomic mass is 32.1. The Morgan fingerprint density at radius 3 is 2.67 bits per heavy atom. The zero-order valence-electron chi connectivity index (χ0n) is 20.5. The summed E-state index contributed by atoms with van der Waals surface area (Å²) in [6.07, 6.45) is 5.95.